The fourth-order valence-electron chi connectivity index (χ4n) is 3.16. The van der Waals surface area contributed by atoms with Gasteiger partial charge in [0.2, 0.25) is 11.9 Å². The van der Waals surface area contributed by atoms with Crippen molar-refractivity contribution >= 4 is 17.5 Å². The van der Waals surface area contributed by atoms with Gasteiger partial charge in [-0.05, 0) is 38.3 Å². The number of carbonyl (C=O) groups excluding carboxylic acids is 1. The fraction of sp³-hybridized carbons (Fsp3) is 0.421. The molecule has 6 nitrogen and oxygen atoms in total. The zero-order valence-corrected chi connectivity index (χ0v) is 14.8. The maximum absolute atomic E-state index is 12.4. The van der Waals surface area contributed by atoms with Gasteiger partial charge in [-0.25, -0.2) is 4.98 Å². The van der Waals surface area contributed by atoms with Crippen LogP contribution >= 0.6 is 0 Å². The first kappa shape index (κ1) is 17.2. The topological polar surface area (TPSA) is 69.3 Å². The molecule has 132 valence electrons. The average Bonchev–Trinajstić information content (AvgIpc) is 3.15. The molecule has 3 rings (SSSR count). The molecule has 2 heterocycles. The second-order valence-corrected chi connectivity index (χ2v) is 6.44. The van der Waals surface area contributed by atoms with E-state index in [4.69, 9.17) is 0 Å². The summed E-state index contributed by atoms with van der Waals surface area (Å²) in [6, 6.07) is 9.49. The minimum atomic E-state index is -0.135. The number of nitrogens with zero attached hydrogens (tertiary/aromatic N) is 3. The molecule has 0 bridgehead atoms. The number of hydrogen-bond donors (Lipinski definition) is 1. The number of aromatic amines is 1. The molecule has 25 heavy (non-hydrogen) atoms. The Kier molecular flexibility index (Phi) is 5.16. The predicted octanol–water partition coefficient (Wildman–Crippen LogP) is 2.27. The van der Waals surface area contributed by atoms with E-state index >= 15 is 0 Å². The summed E-state index contributed by atoms with van der Waals surface area (Å²) in [6.45, 7) is 3.71. The van der Waals surface area contributed by atoms with Crippen molar-refractivity contribution in [2.24, 2.45) is 0 Å². The Hall–Kier alpha value is -2.63. The highest BCUT2D eigenvalue weighted by molar-refractivity contribution is 5.92. The molecule has 1 amide bonds. The Balaban J connectivity index is 1.68. The van der Waals surface area contributed by atoms with Gasteiger partial charge in [-0.3, -0.25) is 14.6 Å². The van der Waals surface area contributed by atoms with Crippen LogP contribution < -0.4 is 15.4 Å². The zero-order chi connectivity index (χ0) is 17.8. The molecular weight excluding hydrogens is 316 g/mol. The molecule has 0 radical (unpaired) electrons. The Morgan fingerprint density at radius 3 is 2.56 bits per heavy atom. The number of aromatic nitrogens is 2. The van der Waals surface area contributed by atoms with Crippen molar-refractivity contribution in [3.8, 4) is 0 Å². The molecule has 1 saturated heterocycles. The van der Waals surface area contributed by atoms with Crippen LogP contribution in [0.1, 0.15) is 30.5 Å². The Morgan fingerprint density at radius 2 is 1.92 bits per heavy atom. The maximum Gasteiger partial charge on any atom is 0.255 e. The van der Waals surface area contributed by atoms with E-state index in [9.17, 15) is 9.59 Å². The van der Waals surface area contributed by atoms with E-state index in [1.165, 1.54) is 0 Å². The average molecular weight is 340 g/mol. The van der Waals surface area contributed by atoms with Gasteiger partial charge in [-0.15, -0.1) is 0 Å². The van der Waals surface area contributed by atoms with Crippen LogP contribution in [0.25, 0.3) is 0 Å². The molecule has 0 aliphatic carbocycles. The highest BCUT2D eigenvalue weighted by Gasteiger charge is 2.18. The molecule has 6 heteroatoms. The second kappa shape index (κ2) is 7.51. The third kappa shape index (κ3) is 3.90. The van der Waals surface area contributed by atoms with Crippen molar-refractivity contribution in [1.29, 1.82) is 0 Å². The normalized spacial score (nSPS) is 13.9. The fourth-order valence-corrected chi connectivity index (χ4v) is 3.16. The van der Waals surface area contributed by atoms with Gasteiger partial charge in [0.15, 0.2) is 0 Å². The summed E-state index contributed by atoms with van der Waals surface area (Å²) in [6.07, 6.45) is 2.93. The lowest BCUT2D eigenvalue weighted by Gasteiger charge is -2.18. The molecule has 1 aromatic carbocycles. The first-order valence-electron chi connectivity index (χ1n) is 8.72. The summed E-state index contributed by atoms with van der Waals surface area (Å²) < 4.78 is 0. The molecule has 0 unspecified atom stereocenters. The third-order valence-corrected chi connectivity index (χ3v) is 4.72. The third-order valence-electron chi connectivity index (χ3n) is 4.72. The van der Waals surface area contributed by atoms with Gasteiger partial charge >= 0.3 is 0 Å². The summed E-state index contributed by atoms with van der Waals surface area (Å²) in [5.41, 5.74) is 2.02. The van der Waals surface area contributed by atoms with Crippen LogP contribution in [0.4, 0.5) is 11.6 Å². The summed E-state index contributed by atoms with van der Waals surface area (Å²) in [4.78, 5) is 36.0. The number of rotatable bonds is 5. The number of carbonyl (C=O) groups is 1. The summed E-state index contributed by atoms with van der Waals surface area (Å²) >= 11 is 0. The molecule has 0 saturated carbocycles. The van der Waals surface area contributed by atoms with Crippen molar-refractivity contribution in [1.82, 2.24) is 9.97 Å². The number of amides is 1. The van der Waals surface area contributed by atoms with Gasteiger partial charge in [-0.1, -0.05) is 18.2 Å². The van der Waals surface area contributed by atoms with Gasteiger partial charge in [-0.2, -0.15) is 0 Å². The number of aryl methyl sites for hydroxylation is 1. The van der Waals surface area contributed by atoms with E-state index in [1.807, 2.05) is 37.3 Å². The quantitative estimate of drug-likeness (QED) is 0.906. The predicted molar refractivity (Wildman–Crippen MR) is 99.2 cm³/mol. The highest BCUT2D eigenvalue weighted by atomic mass is 16.2. The summed E-state index contributed by atoms with van der Waals surface area (Å²) in [5, 5.41) is 0. The van der Waals surface area contributed by atoms with Gasteiger partial charge < -0.3 is 9.80 Å². The Morgan fingerprint density at radius 1 is 1.24 bits per heavy atom. The molecule has 1 N–H and O–H groups in total. The Bertz CT molecular complexity index is 795. The minimum Gasteiger partial charge on any atom is -0.342 e. The van der Waals surface area contributed by atoms with E-state index in [2.05, 4.69) is 14.9 Å². The first-order valence-corrected chi connectivity index (χ1v) is 8.72. The standard InChI is InChI=1S/C19H24N4O2/c1-14-16(18(25)21-19(20-14)23-12-6-7-13-23)10-11-17(24)22(2)15-8-4-3-5-9-15/h3-5,8-9H,6-7,10-13H2,1-2H3,(H,20,21,25). The van der Waals surface area contributed by atoms with Crippen molar-refractivity contribution in [3.05, 3.63) is 51.9 Å². The highest BCUT2D eigenvalue weighted by Crippen LogP contribution is 2.16. The van der Waals surface area contributed by atoms with E-state index in [0.717, 1.165) is 31.6 Å². The maximum atomic E-state index is 12.4. The summed E-state index contributed by atoms with van der Waals surface area (Å²) in [7, 11) is 1.75. The van der Waals surface area contributed by atoms with E-state index < -0.39 is 0 Å². The van der Waals surface area contributed by atoms with Crippen LogP contribution in [0.3, 0.4) is 0 Å². The van der Waals surface area contributed by atoms with E-state index in [-0.39, 0.29) is 17.9 Å². The van der Waals surface area contributed by atoms with Crippen LogP contribution in [-0.4, -0.2) is 36.0 Å². The molecule has 1 aromatic heterocycles. The molecule has 0 atom stereocenters. The number of H-pyrrole nitrogens is 1. The largest absolute Gasteiger partial charge is 0.342 e. The zero-order valence-electron chi connectivity index (χ0n) is 14.8. The lowest BCUT2D eigenvalue weighted by atomic mass is 10.1. The second-order valence-electron chi connectivity index (χ2n) is 6.44. The molecule has 2 aromatic rings. The van der Waals surface area contributed by atoms with Crippen LogP contribution in [0.2, 0.25) is 0 Å². The number of benzene rings is 1. The smallest absolute Gasteiger partial charge is 0.255 e. The van der Waals surface area contributed by atoms with Crippen molar-refractivity contribution < 1.29 is 4.79 Å². The van der Waals surface area contributed by atoms with Gasteiger partial charge in [0.25, 0.3) is 5.56 Å². The molecule has 1 aliphatic heterocycles. The van der Waals surface area contributed by atoms with Crippen LogP contribution in [0, 0.1) is 6.92 Å². The summed E-state index contributed by atoms with van der Waals surface area (Å²) in [5.74, 6) is 0.630. The van der Waals surface area contributed by atoms with E-state index in [0.29, 0.717) is 23.6 Å². The molecular formula is C19H24N4O2. The lowest BCUT2D eigenvalue weighted by molar-refractivity contribution is -0.118. The van der Waals surface area contributed by atoms with Crippen LogP contribution in [0.5, 0.6) is 0 Å². The number of hydrogen-bond acceptors (Lipinski definition) is 4. The number of nitrogens with one attached hydrogen (secondary N) is 1. The Labute approximate surface area is 147 Å². The minimum absolute atomic E-state index is 0.0198. The van der Waals surface area contributed by atoms with Crippen molar-refractivity contribution in [2.45, 2.75) is 32.6 Å². The lowest BCUT2D eigenvalue weighted by Crippen LogP contribution is -2.29. The van der Waals surface area contributed by atoms with Gasteiger partial charge in [0, 0.05) is 43.5 Å². The first-order chi connectivity index (χ1) is 12.1. The SMILES string of the molecule is Cc1nc(N2CCCC2)[nH]c(=O)c1CCC(=O)N(C)c1ccccc1. The van der Waals surface area contributed by atoms with E-state index in [1.54, 1.807) is 11.9 Å². The van der Waals surface area contributed by atoms with Gasteiger partial charge in [0.1, 0.15) is 0 Å². The van der Waals surface area contributed by atoms with Crippen LogP contribution in [-0.2, 0) is 11.2 Å². The monoisotopic (exact) mass is 340 g/mol. The number of para-hydroxylation sites is 1. The number of anilines is 2. The van der Waals surface area contributed by atoms with Crippen molar-refractivity contribution in [3.63, 3.8) is 0 Å². The van der Waals surface area contributed by atoms with Gasteiger partial charge in [0.05, 0.1) is 0 Å². The van der Waals surface area contributed by atoms with Crippen molar-refractivity contribution in [2.75, 3.05) is 29.9 Å². The molecule has 1 aliphatic rings. The molecule has 1 fully saturated rings. The molecule has 0 spiro atoms. The van der Waals surface area contributed by atoms with Crippen LogP contribution in [0.15, 0.2) is 35.1 Å².